The van der Waals surface area contributed by atoms with Crippen molar-refractivity contribution < 1.29 is 8.78 Å². The lowest BCUT2D eigenvalue weighted by Crippen LogP contribution is -2.17. The van der Waals surface area contributed by atoms with Gasteiger partial charge in [-0.15, -0.1) is 0 Å². The predicted molar refractivity (Wildman–Crippen MR) is 64.5 cm³/mol. The first-order chi connectivity index (χ1) is 7.56. The van der Waals surface area contributed by atoms with Crippen LogP contribution in [0, 0.1) is 17.6 Å². The Morgan fingerprint density at radius 2 is 2.12 bits per heavy atom. The summed E-state index contributed by atoms with van der Waals surface area (Å²) in [5, 5.41) is 3.09. The number of rotatable bonds is 4. The topological polar surface area (TPSA) is 12.0 Å². The SMILES string of the molecule is CC(CC1CC1)Nc1c(F)cc(F)cc1Br. The summed E-state index contributed by atoms with van der Waals surface area (Å²) < 4.78 is 26.8. The second-order valence-corrected chi connectivity index (χ2v) is 5.32. The summed E-state index contributed by atoms with van der Waals surface area (Å²) in [4.78, 5) is 0. The van der Waals surface area contributed by atoms with Gasteiger partial charge < -0.3 is 5.32 Å². The van der Waals surface area contributed by atoms with E-state index < -0.39 is 11.6 Å². The fraction of sp³-hybridized carbons (Fsp3) is 0.500. The van der Waals surface area contributed by atoms with Crippen LogP contribution >= 0.6 is 15.9 Å². The van der Waals surface area contributed by atoms with Crippen molar-refractivity contribution in [2.24, 2.45) is 5.92 Å². The molecule has 0 radical (unpaired) electrons. The molecule has 88 valence electrons. The fourth-order valence-corrected chi connectivity index (χ4v) is 2.36. The summed E-state index contributed by atoms with van der Waals surface area (Å²) >= 11 is 3.17. The molecule has 1 fully saturated rings. The maximum Gasteiger partial charge on any atom is 0.150 e. The Labute approximate surface area is 102 Å². The van der Waals surface area contributed by atoms with Gasteiger partial charge in [0.05, 0.1) is 5.69 Å². The Hall–Kier alpha value is -0.640. The fourth-order valence-electron chi connectivity index (χ4n) is 1.84. The highest BCUT2D eigenvalue weighted by Crippen LogP contribution is 2.35. The van der Waals surface area contributed by atoms with Crippen LogP contribution in [0.15, 0.2) is 16.6 Å². The van der Waals surface area contributed by atoms with Crippen LogP contribution < -0.4 is 5.32 Å². The van der Waals surface area contributed by atoms with E-state index >= 15 is 0 Å². The molecule has 16 heavy (non-hydrogen) atoms. The number of nitrogens with one attached hydrogen (secondary N) is 1. The summed E-state index contributed by atoms with van der Waals surface area (Å²) in [6.07, 6.45) is 3.60. The molecule has 1 aliphatic rings. The molecule has 2 rings (SSSR count). The normalized spacial score (nSPS) is 17.2. The van der Waals surface area contributed by atoms with Gasteiger partial charge in [-0.3, -0.25) is 0 Å². The summed E-state index contributed by atoms with van der Waals surface area (Å²) in [5.41, 5.74) is 0.356. The number of anilines is 1. The minimum absolute atomic E-state index is 0.212. The summed E-state index contributed by atoms with van der Waals surface area (Å²) in [7, 11) is 0. The second kappa shape index (κ2) is 4.70. The highest BCUT2D eigenvalue weighted by molar-refractivity contribution is 9.10. The Morgan fingerprint density at radius 1 is 1.44 bits per heavy atom. The van der Waals surface area contributed by atoms with Gasteiger partial charge in [0.1, 0.15) is 11.6 Å². The minimum atomic E-state index is -0.565. The van der Waals surface area contributed by atoms with Crippen molar-refractivity contribution in [2.75, 3.05) is 5.32 Å². The van der Waals surface area contributed by atoms with Gasteiger partial charge in [0.15, 0.2) is 0 Å². The lowest BCUT2D eigenvalue weighted by molar-refractivity contribution is 0.577. The molecule has 1 aliphatic carbocycles. The van der Waals surface area contributed by atoms with Crippen LogP contribution in [0.25, 0.3) is 0 Å². The zero-order valence-corrected chi connectivity index (χ0v) is 10.7. The molecule has 0 amide bonds. The molecule has 0 aromatic heterocycles. The standard InChI is InChI=1S/C12H14BrF2N/c1-7(4-8-2-3-8)16-12-10(13)5-9(14)6-11(12)15/h5-8,16H,2-4H2,1H3. The smallest absolute Gasteiger partial charge is 0.150 e. The van der Waals surface area contributed by atoms with Gasteiger partial charge in [-0.2, -0.15) is 0 Å². The lowest BCUT2D eigenvalue weighted by Gasteiger charge is -2.16. The van der Waals surface area contributed by atoms with E-state index in [-0.39, 0.29) is 6.04 Å². The Bertz CT molecular complexity index is 368. The number of hydrogen-bond acceptors (Lipinski definition) is 1. The van der Waals surface area contributed by atoms with Crippen molar-refractivity contribution in [1.82, 2.24) is 0 Å². The first kappa shape index (κ1) is 11.8. The third kappa shape index (κ3) is 2.94. The van der Waals surface area contributed by atoms with Crippen molar-refractivity contribution in [3.63, 3.8) is 0 Å². The van der Waals surface area contributed by atoms with Crippen LogP contribution in [0.5, 0.6) is 0 Å². The quantitative estimate of drug-likeness (QED) is 0.870. The van der Waals surface area contributed by atoms with Crippen molar-refractivity contribution >= 4 is 21.6 Å². The number of benzene rings is 1. The van der Waals surface area contributed by atoms with Crippen LogP contribution in [0.2, 0.25) is 0 Å². The van der Waals surface area contributed by atoms with Gasteiger partial charge in [0.25, 0.3) is 0 Å². The lowest BCUT2D eigenvalue weighted by atomic mass is 10.1. The molecule has 0 bridgehead atoms. The first-order valence-electron chi connectivity index (χ1n) is 5.47. The molecule has 1 nitrogen and oxygen atoms in total. The highest BCUT2D eigenvalue weighted by atomic mass is 79.9. The zero-order valence-electron chi connectivity index (χ0n) is 9.06. The molecule has 1 aromatic carbocycles. The largest absolute Gasteiger partial charge is 0.379 e. The van der Waals surface area contributed by atoms with Crippen molar-refractivity contribution in [1.29, 1.82) is 0 Å². The van der Waals surface area contributed by atoms with Crippen molar-refractivity contribution in [2.45, 2.75) is 32.2 Å². The van der Waals surface area contributed by atoms with E-state index in [4.69, 9.17) is 0 Å². The molecule has 0 heterocycles. The maximum atomic E-state index is 13.5. The minimum Gasteiger partial charge on any atom is -0.379 e. The van der Waals surface area contributed by atoms with Gasteiger partial charge in [-0.25, -0.2) is 8.78 Å². The molecule has 1 atom stereocenters. The van der Waals surface area contributed by atoms with Crippen LogP contribution in [-0.4, -0.2) is 6.04 Å². The Kier molecular flexibility index (Phi) is 3.47. The van der Waals surface area contributed by atoms with Crippen LogP contribution in [0.1, 0.15) is 26.2 Å². The summed E-state index contributed by atoms with van der Waals surface area (Å²) in [6, 6.07) is 2.38. The molecule has 1 unspecified atom stereocenters. The molecular weight excluding hydrogens is 276 g/mol. The van der Waals surface area contributed by atoms with E-state index in [9.17, 15) is 8.78 Å². The second-order valence-electron chi connectivity index (χ2n) is 4.47. The molecule has 4 heteroatoms. The van der Waals surface area contributed by atoms with E-state index in [0.29, 0.717) is 10.2 Å². The van der Waals surface area contributed by atoms with Gasteiger partial charge in [0, 0.05) is 16.6 Å². The van der Waals surface area contributed by atoms with E-state index in [1.165, 1.54) is 18.9 Å². The molecule has 1 N–H and O–H groups in total. The van der Waals surface area contributed by atoms with Crippen LogP contribution in [-0.2, 0) is 0 Å². The Balaban J connectivity index is 2.07. The molecular formula is C12H14BrF2N. The summed E-state index contributed by atoms with van der Waals surface area (Å²) in [5.74, 6) is -0.330. The van der Waals surface area contributed by atoms with Gasteiger partial charge in [-0.05, 0) is 41.3 Å². The number of halogens is 3. The van der Waals surface area contributed by atoms with Crippen LogP contribution in [0.3, 0.4) is 0 Å². The molecule has 0 saturated heterocycles. The third-order valence-electron chi connectivity index (χ3n) is 2.78. The highest BCUT2D eigenvalue weighted by Gasteiger charge is 2.24. The monoisotopic (exact) mass is 289 g/mol. The van der Waals surface area contributed by atoms with Crippen molar-refractivity contribution in [3.8, 4) is 0 Å². The van der Waals surface area contributed by atoms with E-state index in [0.717, 1.165) is 18.4 Å². The first-order valence-corrected chi connectivity index (χ1v) is 6.26. The third-order valence-corrected chi connectivity index (χ3v) is 3.41. The summed E-state index contributed by atoms with van der Waals surface area (Å²) in [6.45, 7) is 2.02. The van der Waals surface area contributed by atoms with E-state index in [2.05, 4.69) is 21.2 Å². The van der Waals surface area contributed by atoms with Gasteiger partial charge in [0.2, 0.25) is 0 Å². The molecule has 1 aromatic rings. The van der Waals surface area contributed by atoms with Crippen molar-refractivity contribution in [3.05, 3.63) is 28.2 Å². The van der Waals surface area contributed by atoms with Crippen LogP contribution in [0.4, 0.5) is 14.5 Å². The van der Waals surface area contributed by atoms with Gasteiger partial charge in [-0.1, -0.05) is 12.8 Å². The van der Waals surface area contributed by atoms with Gasteiger partial charge >= 0.3 is 0 Å². The van der Waals surface area contributed by atoms with E-state index in [1.54, 1.807) is 0 Å². The predicted octanol–water partition coefficient (Wildman–Crippen LogP) is 4.33. The molecule has 0 spiro atoms. The zero-order chi connectivity index (χ0) is 11.7. The van der Waals surface area contributed by atoms with E-state index in [1.807, 2.05) is 6.92 Å². The molecule has 0 aliphatic heterocycles. The maximum absolute atomic E-state index is 13.5. The Morgan fingerprint density at radius 3 is 2.69 bits per heavy atom. The average Bonchev–Trinajstić information content (AvgIpc) is 2.95. The average molecular weight is 290 g/mol. The number of hydrogen-bond donors (Lipinski definition) is 1. The molecule has 1 saturated carbocycles.